The van der Waals surface area contributed by atoms with Crippen LogP contribution in [0.3, 0.4) is 0 Å². The Hall–Kier alpha value is -1.58. The molecule has 1 atom stereocenters. The highest BCUT2D eigenvalue weighted by molar-refractivity contribution is 7.87. The molecule has 0 radical (unpaired) electrons. The Morgan fingerprint density at radius 3 is 2.52 bits per heavy atom. The standard InChI is InChI=1S/C12H16F2N2O4S/c1-8(9-3-4-10(13)11(14)7-9)15-21(19,20)16(2)6-5-12(17)18/h3-4,7-8,15H,5-6H2,1-2H3,(H,17,18). The summed E-state index contributed by atoms with van der Waals surface area (Å²) in [4.78, 5) is 10.4. The molecular formula is C12H16F2N2O4S. The smallest absolute Gasteiger partial charge is 0.304 e. The zero-order valence-corrected chi connectivity index (χ0v) is 12.3. The largest absolute Gasteiger partial charge is 0.481 e. The minimum absolute atomic E-state index is 0.199. The van der Waals surface area contributed by atoms with E-state index in [2.05, 4.69) is 4.72 Å². The van der Waals surface area contributed by atoms with Gasteiger partial charge in [-0.2, -0.15) is 17.4 Å². The zero-order valence-electron chi connectivity index (χ0n) is 11.5. The molecule has 0 aliphatic heterocycles. The molecule has 0 spiro atoms. The number of carboxylic acids is 1. The predicted molar refractivity (Wildman–Crippen MR) is 71.7 cm³/mol. The second kappa shape index (κ2) is 6.92. The van der Waals surface area contributed by atoms with Crippen LogP contribution in [-0.4, -0.2) is 37.4 Å². The maximum atomic E-state index is 13.1. The van der Waals surface area contributed by atoms with Gasteiger partial charge in [0.2, 0.25) is 0 Å². The lowest BCUT2D eigenvalue weighted by Gasteiger charge is -2.20. The number of hydrogen-bond donors (Lipinski definition) is 2. The van der Waals surface area contributed by atoms with Gasteiger partial charge in [0, 0.05) is 19.6 Å². The van der Waals surface area contributed by atoms with Crippen LogP contribution >= 0.6 is 0 Å². The number of benzene rings is 1. The van der Waals surface area contributed by atoms with E-state index in [1.807, 2.05) is 0 Å². The molecule has 0 heterocycles. The number of carbonyl (C=O) groups is 1. The molecule has 118 valence electrons. The number of rotatable bonds is 7. The van der Waals surface area contributed by atoms with Crippen LogP contribution in [0.15, 0.2) is 18.2 Å². The van der Waals surface area contributed by atoms with Crippen molar-refractivity contribution in [3.8, 4) is 0 Å². The Kier molecular flexibility index (Phi) is 5.76. The van der Waals surface area contributed by atoms with Crippen LogP contribution in [0.5, 0.6) is 0 Å². The first-order valence-electron chi connectivity index (χ1n) is 6.04. The van der Waals surface area contributed by atoms with Gasteiger partial charge in [-0.3, -0.25) is 4.79 Å². The Balaban J connectivity index is 2.77. The molecule has 1 aromatic rings. The third kappa shape index (κ3) is 5.03. The first-order chi connectivity index (χ1) is 9.63. The van der Waals surface area contributed by atoms with Gasteiger partial charge in [-0.25, -0.2) is 8.78 Å². The van der Waals surface area contributed by atoms with Crippen LogP contribution < -0.4 is 4.72 Å². The predicted octanol–water partition coefficient (Wildman–Crippen LogP) is 1.27. The quantitative estimate of drug-likeness (QED) is 0.791. The third-order valence-electron chi connectivity index (χ3n) is 2.82. The van der Waals surface area contributed by atoms with Gasteiger partial charge in [0.1, 0.15) is 0 Å². The molecule has 0 amide bonds. The molecule has 6 nitrogen and oxygen atoms in total. The second-order valence-corrected chi connectivity index (χ2v) is 6.29. The maximum absolute atomic E-state index is 13.1. The fourth-order valence-corrected chi connectivity index (χ4v) is 2.63. The van der Waals surface area contributed by atoms with Crippen LogP contribution in [-0.2, 0) is 15.0 Å². The van der Waals surface area contributed by atoms with E-state index in [1.54, 1.807) is 0 Å². The van der Waals surface area contributed by atoms with Crippen LogP contribution in [0.2, 0.25) is 0 Å². The van der Waals surface area contributed by atoms with Gasteiger partial charge in [-0.1, -0.05) is 6.07 Å². The lowest BCUT2D eigenvalue weighted by Crippen LogP contribution is -2.40. The number of nitrogens with one attached hydrogen (secondary N) is 1. The summed E-state index contributed by atoms with van der Waals surface area (Å²) in [6.45, 7) is 1.27. The molecule has 9 heteroatoms. The molecule has 0 saturated carbocycles. The van der Waals surface area contributed by atoms with Gasteiger partial charge in [-0.05, 0) is 24.6 Å². The molecule has 0 bridgehead atoms. The van der Waals surface area contributed by atoms with Crippen molar-refractivity contribution in [2.75, 3.05) is 13.6 Å². The molecule has 1 unspecified atom stereocenters. The monoisotopic (exact) mass is 322 g/mol. The number of halogens is 2. The molecule has 0 saturated heterocycles. The van der Waals surface area contributed by atoms with E-state index in [9.17, 15) is 22.0 Å². The van der Waals surface area contributed by atoms with E-state index >= 15 is 0 Å². The molecular weight excluding hydrogens is 306 g/mol. The molecule has 21 heavy (non-hydrogen) atoms. The summed E-state index contributed by atoms with van der Waals surface area (Å²) in [5, 5.41) is 8.53. The molecule has 1 rings (SSSR count). The molecule has 0 aliphatic rings. The van der Waals surface area contributed by atoms with Crippen molar-refractivity contribution in [1.29, 1.82) is 0 Å². The lowest BCUT2D eigenvalue weighted by molar-refractivity contribution is -0.137. The zero-order chi connectivity index (χ0) is 16.2. The molecule has 0 aliphatic carbocycles. The van der Waals surface area contributed by atoms with Crippen molar-refractivity contribution in [3.63, 3.8) is 0 Å². The van der Waals surface area contributed by atoms with Gasteiger partial charge >= 0.3 is 5.97 Å². The van der Waals surface area contributed by atoms with Crippen LogP contribution in [0.4, 0.5) is 8.78 Å². The first-order valence-corrected chi connectivity index (χ1v) is 7.48. The highest BCUT2D eigenvalue weighted by Crippen LogP contribution is 2.17. The van der Waals surface area contributed by atoms with E-state index in [0.717, 1.165) is 16.4 Å². The van der Waals surface area contributed by atoms with Crippen molar-refractivity contribution in [2.24, 2.45) is 0 Å². The summed E-state index contributed by atoms with van der Waals surface area (Å²) < 4.78 is 52.9. The van der Waals surface area contributed by atoms with Crippen molar-refractivity contribution in [2.45, 2.75) is 19.4 Å². The summed E-state index contributed by atoms with van der Waals surface area (Å²) in [5.41, 5.74) is 0.254. The Bertz CT molecular complexity index is 622. The number of carboxylic acid groups (broad SMARTS) is 1. The van der Waals surface area contributed by atoms with E-state index in [0.29, 0.717) is 0 Å². The fourth-order valence-electron chi connectivity index (χ4n) is 1.54. The molecule has 1 aromatic carbocycles. The maximum Gasteiger partial charge on any atom is 0.304 e. The Morgan fingerprint density at radius 1 is 1.38 bits per heavy atom. The summed E-state index contributed by atoms with van der Waals surface area (Å²) >= 11 is 0. The van der Waals surface area contributed by atoms with Crippen LogP contribution in [0.25, 0.3) is 0 Å². The van der Waals surface area contributed by atoms with Gasteiger partial charge in [0.25, 0.3) is 10.2 Å². The number of nitrogens with zero attached hydrogens (tertiary/aromatic N) is 1. The molecule has 0 aromatic heterocycles. The summed E-state index contributed by atoms with van der Waals surface area (Å²) in [7, 11) is -2.70. The van der Waals surface area contributed by atoms with Crippen molar-refractivity contribution in [1.82, 2.24) is 9.03 Å². The van der Waals surface area contributed by atoms with Crippen molar-refractivity contribution >= 4 is 16.2 Å². The summed E-state index contributed by atoms with van der Waals surface area (Å²) in [6.07, 6.45) is -0.336. The molecule has 2 N–H and O–H groups in total. The topological polar surface area (TPSA) is 86.7 Å². The Labute approximate surface area is 121 Å². The van der Waals surface area contributed by atoms with Gasteiger partial charge in [0.15, 0.2) is 11.6 Å². The summed E-state index contributed by atoms with van der Waals surface area (Å²) in [6, 6.07) is 2.28. The van der Waals surface area contributed by atoms with E-state index < -0.39 is 33.9 Å². The van der Waals surface area contributed by atoms with E-state index in [-0.39, 0.29) is 18.5 Å². The number of aliphatic carboxylic acids is 1. The SMILES string of the molecule is CC(NS(=O)(=O)N(C)CCC(=O)O)c1ccc(F)c(F)c1. The van der Waals surface area contributed by atoms with E-state index in [1.165, 1.54) is 20.0 Å². The average Bonchev–Trinajstić information content (AvgIpc) is 2.38. The average molecular weight is 322 g/mol. The Morgan fingerprint density at radius 2 is 2.00 bits per heavy atom. The first kappa shape index (κ1) is 17.5. The van der Waals surface area contributed by atoms with E-state index in [4.69, 9.17) is 5.11 Å². The minimum atomic E-state index is -3.92. The van der Waals surface area contributed by atoms with Gasteiger partial charge in [-0.15, -0.1) is 0 Å². The normalized spacial score (nSPS) is 13.4. The van der Waals surface area contributed by atoms with Crippen molar-refractivity contribution < 1.29 is 27.1 Å². The highest BCUT2D eigenvalue weighted by atomic mass is 32.2. The second-order valence-electron chi connectivity index (χ2n) is 4.48. The summed E-state index contributed by atoms with van der Waals surface area (Å²) in [5.74, 6) is -3.21. The highest BCUT2D eigenvalue weighted by Gasteiger charge is 2.22. The number of hydrogen-bond acceptors (Lipinski definition) is 3. The minimum Gasteiger partial charge on any atom is -0.481 e. The lowest BCUT2D eigenvalue weighted by atomic mass is 10.1. The van der Waals surface area contributed by atoms with Crippen LogP contribution in [0, 0.1) is 11.6 Å². The molecule has 0 fully saturated rings. The van der Waals surface area contributed by atoms with Gasteiger partial charge in [0.05, 0.1) is 6.42 Å². The van der Waals surface area contributed by atoms with Crippen molar-refractivity contribution in [3.05, 3.63) is 35.4 Å². The van der Waals surface area contributed by atoms with Gasteiger partial charge < -0.3 is 5.11 Å². The fraction of sp³-hybridized carbons (Fsp3) is 0.417. The third-order valence-corrected chi connectivity index (χ3v) is 4.47. The van der Waals surface area contributed by atoms with Crippen LogP contribution in [0.1, 0.15) is 24.9 Å².